The normalized spacial score (nSPS) is 15.2. The largest absolute Gasteiger partial charge is 0.483 e. The maximum atomic E-state index is 13.0. The zero-order valence-corrected chi connectivity index (χ0v) is 20.7. The van der Waals surface area contributed by atoms with Crippen LogP contribution < -0.4 is 10.1 Å². The molecule has 2 amide bonds. The second-order valence-electron chi connectivity index (χ2n) is 7.36. The summed E-state index contributed by atoms with van der Waals surface area (Å²) in [4.78, 5) is 48.7. The number of amides is 2. The van der Waals surface area contributed by atoms with Gasteiger partial charge in [0.15, 0.2) is 6.61 Å². The molecule has 0 aromatic heterocycles. The Morgan fingerprint density at radius 3 is 2.53 bits per heavy atom. The molecule has 0 spiro atoms. The SMILES string of the molecule is O=C(O)CCC(C(=O)O)N1C(=O)/C(=C/c2cc(Cl)ccc2OCC(=O)Nc2ccc(F)cc2)SC1=S. The van der Waals surface area contributed by atoms with Gasteiger partial charge in [0.25, 0.3) is 11.8 Å². The van der Waals surface area contributed by atoms with E-state index in [1.807, 2.05) is 0 Å². The number of anilines is 1. The number of thiocarbonyl (C=S) groups is 1. The number of hydrogen-bond donors (Lipinski definition) is 3. The third-order valence-corrected chi connectivity index (χ3v) is 6.36. The smallest absolute Gasteiger partial charge is 0.326 e. The molecule has 1 unspecified atom stereocenters. The number of carboxylic acid groups (broad SMARTS) is 2. The molecule has 1 heterocycles. The van der Waals surface area contributed by atoms with Crippen LogP contribution in [0, 0.1) is 5.82 Å². The molecule has 0 aliphatic carbocycles. The van der Waals surface area contributed by atoms with Gasteiger partial charge in [-0.25, -0.2) is 9.18 Å². The summed E-state index contributed by atoms with van der Waals surface area (Å²) in [5, 5.41) is 21.3. The van der Waals surface area contributed by atoms with Crippen molar-refractivity contribution in [3.05, 3.63) is 63.8 Å². The Morgan fingerprint density at radius 1 is 1.19 bits per heavy atom. The fourth-order valence-corrected chi connectivity index (χ4v) is 4.68. The van der Waals surface area contributed by atoms with Crippen molar-refractivity contribution < 1.29 is 38.5 Å². The molecule has 1 fully saturated rings. The minimum atomic E-state index is -1.44. The summed E-state index contributed by atoms with van der Waals surface area (Å²) in [5.41, 5.74) is 0.705. The summed E-state index contributed by atoms with van der Waals surface area (Å²) in [6.07, 6.45) is 0.618. The second kappa shape index (κ2) is 12.0. The van der Waals surface area contributed by atoms with Crippen molar-refractivity contribution in [2.45, 2.75) is 18.9 Å². The van der Waals surface area contributed by atoms with Crippen molar-refractivity contribution in [2.24, 2.45) is 0 Å². The van der Waals surface area contributed by atoms with Crippen molar-refractivity contribution >= 4 is 75.4 Å². The van der Waals surface area contributed by atoms with Crippen molar-refractivity contribution in [1.82, 2.24) is 4.90 Å². The van der Waals surface area contributed by atoms with Gasteiger partial charge in [0.1, 0.15) is 21.9 Å². The summed E-state index contributed by atoms with van der Waals surface area (Å²) in [6, 6.07) is 8.23. The number of hydrogen-bond acceptors (Lipinski definition) is 7. The van der Waals surface area contributed by atoms with Gasteiger partial charge in [-0.1, -0.05) is 35.6 Å². The molecular weight excluding hydrogens is 535 g/mol. The van der Waals surface area contributed by atoms with E-state index >= 15 is 0 Å². The van der Waals surface area contributed by atoms with Gasteiger partial charge in [0.2, 0.25) is 0 Å². The molecule has 0 bridgehead atoms. The van der Waals surface area contributed by atoms with Crippen LogP contribution in [0.5, 0.6) is 5.75 Å². The Bertz CT molecular complexity index is 1250. The third-order valence-electron chi connectivity index (χ3n) is 4.80. The van der Waals surface area contributed by atoms with Crippen molar-refractivity contribution in [2.75, 3.05) is 11.9 Å². The van der Waals surface area contributed by atoms with E-state index in [1.165, 1.54) is 48.5 Å². The second-order valence-corrected chi connectivity index (χ2v) is 9.48. The number of benzene rings is 2. The Labute approximate surface area is 218 Å². The van der Waals surface area contributed by atoms with Crippen LogP contribution in [-0.2, 0) is 19.2 Å². The van der Waals surface area contributed by atoms with E-state index in [-0.39, 0.29) is 21.4 Å². The molecule has 2 aromatic carbocycles. The molecule has 0 saturated carbocycles. The molecule has 3 rings (SSSR count). The Kier molecular flexibility index (Phi) is 9.02. The number of nitrogens with zero attached hydrogens (tertiary/aromatic N) is 1. The molecule has 1 aliphatic heterocycles. The van der Waals surface area contributed by atoms with Gasteiger partial charge >= 0.3 is 11.9 Å². The predicted octanol–water partition coefficient (Wildman–Crippen LogP) is 4.02. The van der Waals surface area contributed by atoms with E-state index in [1.54, 1.807) is 0 Å². The van der Waals surface area contributed by atoms with Gasteiger partial charge in [-0.2, -0.15) is 0 Å². The first kappa shape index (κ1) is 27.1. The van der Waals surface area contributed by atoms with E-state index in [0.29, 0.717) is 16.3 Å². The van der Waals surface area contributed by atoms with Crippen LogP contribution in [-0.4, -0.2) is 55.8 Å². The van der Waals surface area contributed by atoms with Crippen LogP contribution >= 0.6 is 35.6 Å². The molecule has 1 atom stereocenters. The van der Waals surface area contributed by atoms with Crippen LogP contribution in [0.3, 0.4) is 0 Å². The van der Waals surface area contributed by atoms with E-state index in [0.717, 1.165) is 16.7 Å². The third kappa shape index (κ3) is 7.03. The summed E-state index contributed by atoms with van der Waals surface area (Å²) >= 11 is 12.1. The number of carboxylic acids is 2. The number of carbonyl (C=O) groups is 4. The fourth-order valence-electron chi connectivity index (χ4n) is 3.15. The number of rotatable bonds is 10. The Balaban J connectivity index is 1.77. The minimum absolute atomic E-state index is 0.0350. The molecule has 1 saturated heterocycles. The highest BCUT2D eigenvalue weighted by Gasteiger charge is 2.40. The molecule has 36 heavy (non-hydrogen) atoms. The van der Waals surface area contributed by atoms with Gasteiger partial charge in [0, 0.05) is 22.7 Å². The number of thioether (sulfide) groups is 1. The maximum absolute atomic E-state index is 13.0. The van der Waals surface area contributed by atoms with Crippen molar-refractivity contribution in [3.63, 3.8) is 0 Å². The fraction of sp³-hybridized carbons (Fsp3) is 0.174. The lowest BCUT2D eigenvalue weighted by Crippen LogP contribution is -2.44. The van der Waals surface area contributed by atoms with Gasteiger partial charge in [0.05, 0.1) is 4.91 Å². The maximum Gasteiger partial charge on any atom is 0.326 e. The molecular formula is C23H18ClFN2O7S2. The van der Waals surface area contributed by atoms with E-state index < -0.39 is 48.6 Å². The van der Waals surface area contributed by atoms with Gasteiger partial charge in [-0.3, -0.25) is 19.3 Å². The van der Waals surface area contributed by atoms with E-state index in [2.05, 4.69) is 5.32 Å². The lowest BCUT2D eigenvalue weighted by Gasteiger charge is -2.22. The topological polar surface area (TPSA) is 133 Å². The van der Waals surface area contributed by atoms with E-state index in [4.69, 9.17) is 33.7 Å². The highest BCUT2D eigenvalue weighted by Crippen LogP contribution is 2.37. The number of nitrogens with one attached hydrogen (secondary N) is 1. The highest BCUT2D eigenvalue weighted by atomic mass is 35.5. The first-order valence-corrected chi connectivity index (χ1v) is 11.8. The average molecular weight is 553 g/mol. The first-order chi connectivity index (χ1) is 17.0. The Morgan fingerprint density at radius 2 is 1.89 bits per heavy atom. The number of ether oxygens (including phenoxy) is 1. The molecule has 13 heteroatoms. The minimum Gasteiger partial charge on any atom is -0.483 e. The summed E-state index contributed by atoms with van der Waals surface area (Å²) in [7, 11) is 0. The summed E-state index contributed by atoms with van der Waals surface area (Å²) in [5.74, 6) is -4.05. The summed E-state index contributed by atoms with van der Waals surface area (Å²) < 4.78 is 18.6. The highest BCUT2D eigenvalue weighted by molar-refractivity contribution is 8.26. The first-order valence-electron chi connectivity index (χ1n) is 10.2. The zero-order chi connectivity index (χ0) is 26.4. The van der Waals surface area contributed by atoms with Gasteiger partial charge in [-0.15, -0.1) is 0 Å². The van der Waals surface area contributed by atoms with Crippen LogP contribution in [0.1, 0.15) is 18.4 Å². The van der Waals surface area contributed by atoms with E-state index in [9.17, 15) is 28.7 Å². The van der Waals surface area contributed by atoms with Crippen LogP contribution in [0.2, 0.25) is 5.02 Å². The molecule has 188 valence electrons. The average Bonchev–Trinajstić information content (AvgIpc) is 3.07. The molecule has 3 N–H and O–H groups in total. The molecule has 0 radical (unpaired) electrons. The lowest BCUT2D eigenvalue weighted by molar-refractivity contribution is -0.146. The van der Waals surface area contributed by atoms with Crippen molar-refractivity contribution in [3.8, 4) is 5.75 Å². The summed E-state index contributed by atoms with van der Waals surface area (Å²) in [6.45, 7) is -0.406. The van der Waals surface area contributed by atoms with Gasteiger partial charge in [-0.05, 0) is 55.0 Å². The number of halogens is 2. The standard InChI is InChI=1S/C23H18ClFN2O7S2/c24-13-1-7-17(34-11-19(28)26-15-4-2-14(25)3-5-15)12(9-13)10-18-21(31)27(23(35)36-18)16(22(32)33)6-8-20(29)30/h1-5,7,9-10,16H,6,8,11H2,(H,26,28)(H,29,30)(H,32,33)/b18-10-. The van der Waals surface area contributed by atoms with Crippen LogP contribution in [0.25, 0.3) is 6.08 Å². The predicted molar refractivity (Wildman–Crippen MR) is 135 cm³/mol. The molecule has 1 aliphatic rings. The van der Waals surface area contributed by atoms with Crippen LogP contribution in [0.15, 0.2) is 47.4 Å². The monoisotopic (exact) mass is 552 g/mol. The number of carbonyl (C=O) groups excluding carboxylic acids is 2. The quantitative estimate of drug-likeness (QED) is 0.295. The molecule has 2 aromatic rings. The Hall–Kier alpha value is -3.48. The zero-order valence-electron chi connectivity index (χ0n) is 18.3. The number of aliphatic carboxylic acids is 2. The molecule has 9 nitrogen and oxygen atoms in total. The lowest BCUT2D eigenvalue weighted by atomic mass is 10.1. The van der Waals surface area contributed by atoms with Crippen molar-refractivity contribution in [1.29, 1.82) is 0 Å². The van der Waals surface area contributed by atoms with Crippen LogP contribution in [0.4, 0.5) is 10.1 Å². The van der Waals surface area contributed by atoms with Gasteiger partial charge < -0.3 is 20.3 Å².